The molecule has 3 saturated heterocycles. The van der Waals surface area contributed by atoms with E-state index in [1.54, 1.807) is 0 Å². The average Bonchev–Trinajstić information content (AvgIpc) is 3.56. The molecule has 1 aromatic rings. The first-order valence-corrected chi connectivity index (χ1v) is 15.5. The van der Waals surface area contributed by atoms with E-state index in [-0.39, 0.29) is 5.54 Å². The molecule has 210 valence electrons. The van der Waals surface area contributed by atoms with Crippen LogP contribution in [-0.2, 0) is 6.54 Å². The third-order valence-electron chi connectivity index (χ3n) is 10.8. The number of piperidine rings is 1. The van der Waals surface area contributed by atoms with Gasteiger partial charge in [0, 0.05) is 75.4 Å². The molecule has 6 unspecified atom stereocenters. The summed E-state index contributed by atoms with van der Waals surface area (Å²) in [6.07, 6.45) is 15.8. The molecule has 6 nitrogen and oxygen atoms in total. The Labute approximate surface area is 231 Å². The molecule has 4 aliphatic rings. The SMILES string of the molecule is C#Cc1ccc(CNC2(CCC)CNCCC3CCC4(NCC)CC5(CC5CCN)[N+]3(CCNC2)C4)cc1. The predicted octanol–water partition coefficient (Wildman–Crippen LogP) is 2.72. The Morgan fingerprint density at radius 1 is 1.11 bits per heavy atom. The fourth-order valence-electron chi connectivity index (χ4n) is 9.15. The first kappa shape index (κ1) is 28.1. The van der Waals surface area contributed by atoms with Gasteiger partial charge in [0.25, 0.3) is 0 Å². The number of nitrogens with two attached hydrogens (primary N) is 1. The van der Waals surface area contributed by atoms with Gasteiger partial charge in [-0.1, -0.05) is 38.3 Å². The molecule has 0 radical (unpaired) electrons. The lowest BCUT2D eigenvalue weighted by molar-refractivity contribution is -0.977. The van der Waals surface area contributed by atoms with E-state index in [1.165, 1.54) is 68.1 Å². The van der Waals surface area contributed by atoms with Crippen LogP contribution in [0, 0.1) is 18.3 Å². The van der Waals surface area contributed by atoms with Gasteiger partial charge >= 0.3 is 0 Å². The zero-order valence-electron chi connectivity index (χ0n) is 24.1. The van der Waals surface area contributed by atoms with Crippen molar-refractivity contribution in [2.45, 2.75) is 94.4 Å². The molecule has 1 aliphatic carbocycles. The van der Waals surface area contributed by atoms with Crippen LogP contribution in [0.25, 0.3) is 0 Å². The first-order valence-electron chi connectivity index (χ1n) is 15.5. The molecule has 6 atom stereocenters. The van der Waals surface area contributed by atoms with Crippen LogP contribution in [0.15, 0.2) is 24.3 Å². The van der Waals surface area contributed by atoms with E-state index in [4.69, 9.17) is 12.2 Å². The Morgan fingerprint density at radius 3 is 2.61 bits per heavy atom. The van der Waals surface area contributed by atoms with Crippen molar-refractivity contribution in [1.82, 2.24) is 21.3 Å². The zero-order valence-corrected chi connectivity index (χ0v) is 24.1. The zero-order chi connectivity index (χ0) is 26.7. The maximum Gasteiger partial charge on any atom is 0.105 e. The van der Waals surface area contributed by atoms with Crippen LogP contribution in [0.3, 0.4) is 0 Å². The molecule has 1 aromatic carbocycles. The summed E-state index contributed by atoms with van der Waals surface area (Å²) in [6.45, 7) is 14.2. The van der Waals surface area contributed by atoms with Gasteiger partial charge < -0.3 is 31.5 Å². The minimum atomic E-state index is 0.0439. The lowest BCUT2D eigenvalue weighted by Gasteiger charge is -2.51. The maximum absolute atomic E-state index is 6.12. The highest BCUT2D eigenvalue weighted by Crippen LogP contribution is 2.66. The summed E-state index contributed by atoms with van der Waals surface area (Å²) in [6, 6.07) is 9.20. The molecule has 3 heterocycles. The van der Waals surface area contributed by atoms with Crippen molar-refractivity contribution >= 4 is 0 Å². The number of nitrogens with zero attached hydrogens (tertiary/aromatic N) is 1. The number of hydrogen-bond acceptors (Lipinski definition) is 5. The Balaban J connectivity index is 1.33. The standard InChI is InChI=1S/C32H53N6/c1-4-14-31(37-21-27-9-7-26(5-2)8-10-27)23-34-17-13-29-11-15-30(36-6-3)22-32(20-28(32)12-16-33)38(29,25-30)19-18-35-24-31/h2,7-10,28-29,34-37H,4,6,11-25,33H2,1,3H3/q+1. The number of benzene rings is 1. The normalized spacial score (nSPS) is 38.8. The molecule has 6 heteroatoms. The highest BCUT2D eigenvalue weighted by atomic mass is 15.5. The van der Waals surface area contributed by atoms with Crippen LogP contribution >= 0.6 is 0 Å². The maximum atomic E-state index is 6.12. The van der Waals surface area contributed by atoms with Crippen LogP contribution in [0.2, 0.25) is 0 Å². The van der Waals surface area contributed by atoms with Crippen molar-refractivity contribution in [2.24, 2.45) is 11.7 Å². The Morgan fingerprint density at radius 2 is 1.89 bits per heavy atom. The molecule has 0 aromatic heterocycles. The van der Waals surface area contributed by atoms with Crippen molar-refractivity contribution in [1.29, 1.82) is 0 Å². The van der Waals surface area contributed by atoms with Crippen LogP contribution in [0.5, 0.6) is 0 Å². The van der Waals surface area contributed by atoms with E-state index in [1.807, 2.05) is 0 Å². The van der Waals surface area contributed by atoms with Crippen LogP contribution < -0.4 is 27.0 Å². The summed E-state index contributed by atoms with van der Waals surface area (Å²) < 4.78 is 1.34. The second kappa shape index (κ2) is 11.6. The fraction of sp³-hybridized carbons (Fsp3) is 0.750. The van der Waals surface area contributed by atoms with E-state index in [9.17, 15) is 0 Å². The van der Waals surface area contributed by atoms with Gasteiger partial charge in [-0.25, -0.2) is 0 Å². The summed E-state index contributed by atoms with van der Waals surface area (Å²) in [4.78, 5) is 0. The summed E-state index contributed by atoms with van der Waals surface area (Å²) in [5, 5.41) is 15.9. The van der Waals surface area contributed by atoms with Gasteiger partial charge in [-0.15, -0.1) is 6.42 Å². The lowest BCUT2D eigenvalue weighted by atomic mass is 9.85. The van der Waals surface area contributed by atoms with Crippen LogP contribution in [0.4, 0.5) is 0 Å². The van der Waals surface area contributed by atoms with Gasteiger partial charge in [-0.05, 0) is 50.0 Å². The Bertz CT molecular complexity index is 973. The molecule has 1 saturated carbocycles. The predicted molar refractivity (Wildman–Crippen MR) is 158 cm³/mol. The molecule has 3 aliphatic heterocycles. The van der Waals surface area contributed by atoms with E-state index in [0.717, 1.165) is 69.8 Å². The summed E-state index contributed by atoms with van der Waals surface area (Å²) in [7, 11) is 0. The number of hydrogen-bond donors (Lipinski definition) is 5. The van der Waals surface area contributed by atoms with E-state index in [0.29, 0.717) is 11.1 Å². The van der Waals surface area contributed by atoms with Gasteiger partial charge in [-0.2, -0.15) is 0 Å². The van der Waals surface area contributed by atoms with Crippen molar-refractivity contribution in [3.05, 3.63) is 35.4 Å². The molecular weight excluding hydrogens is 468 g/mol. The average molecular weight is 522 g/mol. The third kappa shape index (κ3) is 5.19. The molecule has 5 rings (SSSR count). The highest BCUT2D eigenvalue weighted by molar-refractivity contribution is 5.34. The van der Waals surface area contributed by atoms with Gasteiger partial charge in [0.15, 0.2) is 0 Å². The summed E-state index contributed by atoms with van der Waals surface area (Å²) in [5.41, 5.74) is 9.20. The van der Waals surface area contributed by atoms with E-state index in [2.05, 4.69) is 65.3 Å². The number of nitrogens with one attached hydrogen (secondary N) is 4. The summed E-state index contributed by atoms with van der Waals surface area (Å²) >= 11 is 0. The second-order valence-electron chi connectivity index (χ2n) is 13.0. The topological polar surface area (TPSA) is 74.1 Å². The number of likely N-dealkylation sites (N-methyl/N-ethyl adjacent to an activating group) is 1. The van der Waals surface area contributed by atoms with Crippen LogP contribution in [0.1, 0.15) is 76.3 Å². The van der Waals surface area contributed by atoms with Crippen molar-refractivity contribution in [3.63, 3.8) is 0 Å². The first-order chi connectivity index (χ1) is 18.5. The number of quaternary nitrogens is 1. The second-order valence-corrected chi connectivity index (χ2v) is 13.0. The molecule has 2 spiro atoms. The smallest absolute Gasteiger partial charge is 0.105 e. The molecule has 4 fully saturated rings. The molecular formula is C32H53N6+. The molecule has 0 amide bonds. The summed E-state index contributed by atoms with van der Waals surface area (Å²) in [5.74, 6) is 3.54. The van der Waals surface area contributed by atoms with Gasteiger partial charge in [-0.3, -0.25) is 0 Å². The lowest BCUT2D eigenvalue weighted by Crippen LogP contribution is -2.67. The van der Waals surface area contributed by atoms with Gasteiger partial charge in [0.05, 0.1) is 24.7 Å². The number of terminal acetylenes is 1. The molecule has 6 N–H and O–H groups in total. The highest BCUT2D eigenvalue weighted by Gasteiger charge is 2.77. The van der Waals surface area contributed by atoms with Gasteiger partial charge in [0.1, 0.15) is 5.54 Å². The quantitative estimate of drug-likeness (QED) is 0.255. The fourth-order valence-corrected chi connectivity index (χ4v) is 9.15. The monoisotopic (exact) mass is 521 g/mol. The van der Waals surface area contributed by atoms with Crippen molar-refractivity contribution in [2.75, 3.05) is 52.4 Å². The number of rotatable bonds is 9. The van der Waals surface area contributed by atoms with Crippen LogP contribution in [-0.4, -0.2) is 79.5 Å². The molecule has 2 bridgehead atoms. The molecule has 38 heavy (non-hydrogen) atoms. The largest absolute Gasteiger partial charge is 0.330 e. The van der Waals surface area contributed by atoms with Gasteiger partial charge in [0.2, 0.25) is 0 Å². The number of fused-ring (bicyclic) bond motifs is 1. The minimum absolute atomic E-state index is 0.0439. The Kier molecular flexibility index (Phi) is 8.55. The van der Waals surface area contributed by atoms with E-state index < -0.39 is 0 Å². The minimum Gasteiger partial charge on any atom is -0.330 e. The van der Waals surface area contributed by atoms with Crippen molar-refractivity contribution < 1.29 is 4.48 Å². The van der Waals surface area contributed by atoms with Crippen molar-refractivity contribution in [3.8, 4) is 12.3 Å². The third-order valence-corrected chi connectivity index (χ3v) is 10.8. The Hall–Kier alpha value is -1.46. The van der Waals surface area contributed by atoms with E-state index >= 15 is 0 Å².